The maximum Gasteiger partial charge on any atom is 0.404 e. The molecule has 0 aromatic heterocycles. The first kappa shape index (κ1) is 27.0. The van der Waals surface area contributed by atoms with E-state index in [2.05, 4.69) is 62.4 Å². The Labute approximate surface area is 221 Å². The third kappa shape index (κ3) is 5.63. The van der Waals surface area contributed by atoms with Gasteiger partial charge >= 0.3 is 12.2 Å². The zero-order valence-corrected chi connectivity index (χ0v) is 22.3. The second kappa shape index (κ2) is 12.0. The maximum atomic E-state index is 11.5. The van der Waals surface area contributed by atoms with Gasteiger partial charge in [0, 0.05) is 5.41 Å². The third-order valence-electron chi connectivity index (χ3n) is 8.89. The van der Waals surface area contributed by atoms with Crippen LogP contribution in [0.5, 0.6) is 0 Å². The summed E-state index contributed by atoms with van der Waals surface area (Å²) in [7, 11) is 0. The van der Waals surface area contributed by atoms with E-state index in [0.29, 0.717) is 11.8 Å². The van der Waals surface area contributed by atoms with Crippen molar-refractivity contribution < 1.29 is 19.1 Å². The summed E-state index contributed by atoms with van der Waals surface area (Å²) >= 11 is 0. The molecule has 200 valence electrons. The number of primary amides is 2. The first-order valence-electron chi connectivity index (χ1n) is 14.0. The predicted molar refractivity (Wildman–Crippen MR) is 145 cm³/mol. The highest BCUT2D eigenvalue weighted by Crippen LogP contribution is 2.56. The number of rotatable bonds is 8. The molecule has 2 fully saturated rings. The van der Waals surface area contributed by atoms with Gasteiger partial charge in [-0.2, -0.15) is 0 Å². The molecule has 0 radical (unpaired) electrons. The predicted octanol–water partition coefficient (Wildman–Crippen LogP) is 6.41. The average Bonchev–Trinajstić information content (AvgIpc) is 2.91. The molecular formula is C31H42N2O4. The number of nitrogens with two attached hydrogens (primary N) is 2. The SMILES string of the molecule is CCc1ccccc1C(c1ccccc1CC)(C1CCC(OC(N)=O)CC1)C1CCC(OC(N)=O)CC1. The minimum Gasteiger partial charge on any atom is -0.446 e. The number of carbonyl (C=O) groups excluding carboxylic acids is 2. The molecule has 6 nitrogen and oxygen atoms in total. The molecule has 2 aliphatic rings. The van der Waals surface area contributed by atoms with E-state index in [9.17, 15) is 9.59 Å². The Morgan fingerprint density at radius 1 is 0.676 bits per heavy atom. The van der Waals surface area contributed by atoms with Gasteiger partial charge in [-0.25, -0.2) is 9.59 Å². The van der Waals surface area contributed by atoms with Crippen LogP contribution in [0, 0.1) is 11.8 Å². The van der Waals surface area contributed by atoms with Crippen LogP contribution in [-0.4, -0.2) is 24.4 Å². The zero-order valence-electron chi connectivity index (χ0n) is 22.3. The Hall–Kier alpha value is -3.02. The molecule has 0 aliphatic heterocycles. The number of benzene rings is 2. The van der Waals surface area contributed by atoms with Crippen molar-refractivity contribution >= 4 is 12.2 Å². The highest BCUT2D eigenvalue weighted by atomic mass is 16.6. The molecule has 0 spiro atoms. The van der Waals surface area contributed by atoms with Crippen LogP contribution in [0.4, 0.5) is 9.59 Å². The molecule has 4 rings (SSSR count). The summed E-state index contributed by atoms with van der Waals surface area (Å²) in [4.78, 5) is 22.9. The second-order valence-electron chi connectivity index (χ2n) is 10.7. The van der Waals surface area contributed by atoms with Crippen molar-refractivity contribution in [3.8, 4) is 0 Å². The van der Waals surface area contributed by atoms with E-state index in [1.807, 2.05) is 0 Å². The van der Waals surface area contributed by atoms with Crippen LogP contribution in [-0.2, 0) is 27.7 Å². The third-order valence-corrected chi connectivity index (χ3v) is 8.89. The molecular weight excluding hydrogens is 464 g/mol. The largest absolute Gasteiger partial charge is 0.446 e. The highest BCUT2D eigenvalue weighted by Gasteiger charge is 2.51. The van der Waals surface area contributed by atoms with Gasteiger partial charge < -0.3 is 20.9 Å². The number of hydrogen-bond donors (Lipinski definition) is 2. The van der Waals surface area contributed by atoms with Crippen LogP contribution < -0.4 is 11.5 Å². The van der Waals surface area contributed by atoms with Crippen molar-refractivity contribution in [3.05, 3.63) is 70.8 Å². The van der Waals surface area contributed by atoms with E-state index in [4.69, 9.17) is 20.9 Å². The van der Waals surface area contributed by atoms with Crippen molar-refractivity contribution in [2.24, 2.45) is 23.3 Å². The van der Waals surface area contributed by atoms with Crippen LogP contribution in [0.1, 0.15) is 87.5 Å². The molecule has 0 bridgehead atoms. The minimum atomic E-state index is -0.685. The second-order valence-corrected chi connectivity index (χ2v) is 10.7. The van der Waals surface area contributed by atoms with Gasteiger partial charge in [0.15, 0.2) is 0 Å². The van der Waals surface area contributed by atoms with Crippen LogP contribution in [0.3, 0.4) is 0 Å². The van der Waals surface area contributed by atoms with Gasteiger partial charge in [0.05, 0.1) is 0 Å². The van der Waals surface area contributed by atoms with Crippen molar-refractivity contribution in [2.75, 3.05) is 0 Å². The number of ether oxygens (including phenoxy) is 2. The Kier molecular flexibility index (Phi) is 8.78. The number of amides is 2. The minimum absolute atomic E-state index is 0.117. The van der Waals surface area contributed by atoms with E-state index < -0.39 is 12.2 Å². The van der Waals surface area contributed by atoms with Crippen LogP contribution >= 0.6 is 0 Å². The highest BCUT2D eigenvalue weighted by molar-refractivity contribution is 5.65. The van der Waals surface area contributed by atoms with Gasteiger partial charge in [0.1, 0.15) is 12.2 Å². The lowest BCUT2D eigenvalue weighted by Crippen LogP contribution is -2.48. The Bertz CT molecular complexity index is 983. The fourth-order valence-corrected chi connectivity index (χ4v) is 7.42. The molecule has 2 aromatic carbocycles. The normalized spacial score (nSPS) is 24.3. The number of aryl methyl sites for hydroxylation is 2. The quantitative estimate of drug-likeness (QED) is 0.432. The molecule has 37 heavy (non-hydrogen) atoms. The van der Waals surface area contributed by atoms with Crippen LogP contribution in [0.25, 0.3) is 0 Å². The summed E-state index contributed by atoms with van der Waals surface area (Å²) in [5, 5.41) is 0. The van der Waals surface area contributed by atoms with Gasteiger partial charge in [-0.15, -0.1) is 0 Å². The van der Waals surface area contributed by atoms with Crippen LogP contribution in [0.15, 0.2) is 48.5 Å². The summed E-state index contributed by atoms with van der Waals surface area (Å²) in [5.74, 6) is 0.776. The maximum absolute atomic E-state index is 11.5. The smallest absolute Gasteiger partial charge is 0.404 e. The van der Waals surface area contributed by atoms with Gasteiger partial charge in [-0.3, -0.25) is 0 Å². The summed E-state index contributed by atoms with van der Waals surface area (Å²) in [6.07, 6.45) is 7.45. The number of hydrogen-bond acceptors (Lipinski definition) is 4. The Balaban J connectivity index is 1.85. The van der Waals surface area contributed by atoms with Gasteiger partial charge in [0.25, 0.3) is 0 Å². The van der Waals surface area contributed by atoms with Crippen molar-refractivity contribution in [2.45, 2.75) is 95.7 Å². The molecule has 4 N–H and O–H groups in total. The Morgan fingerprint density at radius 3 is 1.35 bits per heavy atom. The number of carbonyl (C=O) groups is 2. The molecule has 0 atom stereocenters. The Morgan fingerprint density at radius 2 is 1.03 bits per heavy atom. The van der Waals surface area contributed by atoms with E-state index >= 15 is 0 Å². The summed E-state index contributed by atoms with van der Waals surface area (Å²) in [6.45, 7) is 4.48. The first-order chi connectivity index (χ1) is 17.9. The monoisotopic (exact) mass is 506 g/mol. The standard InChI is InChI=1S/C31H42N2O4/c1-3-21-9-5-7-11-27(21)31(28-12-8-6-10-22(28)4-2,23-13-17-25(18-14-23)36-29(32)34)24-15-19-26(20-16-24)37-30(33)35/h5-12,23-26H,3-4,13-20H2,1-2H3,(H2,32,34)(H2,33,35). The lowest BCUT2D eigenvalue weighted by Gasteiger charge is -2.52. The van der Waals surface area contributed by atoms with E-state index in [1.165, 1.54) is 22.3 Å². The first-order valence-corrected chi connectivity index (χ1v) is 14.0. The molecule has 2 aliphatic carbocycles. The van der Waals surface area contributed by atoms with Crippen LogP contribution in [0.2, 0.25) is 0 Å². The lowest BCUT2D eigenvalue weighted by atomic mass is 9.51. The summed E-state index contributed by atoms with van der Waals surface area (Å²) in [6, 6.07) is 17.9. The molecule has 0 heterocycles. The average molecular weight is 507 g/mol. The molecule has 2 aromatic rings. The molecule has 2 saturated carbocycles. The molecule has 2 amide bonds. The fourth-order valence-electron chi connectivity index (χ4n) is 7.42. The van der Waals surface area contributed by atoms with Crippen molar-refractivity contribution in [1.82, 2.24) is 0 Å². The molecule has 0 unspecified atom stereocenters. The topological polar surface area (TPSA) is 105 Å². The summed E-state index contributed by atoms with van der Waals surface area (Å²) in [5.41, 5.74) is 16.2. The van der Waals surface area contributed by atoms with Gasteiger partial charge in [-0.05, 0) is 98.3 Å². The fraction of sp³-hybridized carbons (Fsp3) is 0.548. The zero-order chi connectivity index (χ0) is 26.4. The van der Waals surface area contributed by atoms with E-state index in [-0.39, 0.29) is 17.6 Å². The summed E-state index contributed by atoms with van der Waals surface area (Å²) < 4.78 is 10.9. The van der Waals surface area contributed by atoms with Crippen molar-refractivity contribution in [1.29, 1.82) is 0 Å². The van der Waals surface area contributed by atoms with Gasteiger partial charge in [-0.1, -0.05) is 62.4 Å². The molecule has 6 heteroatoms. The van der Waals surface area contributed by atoms with Gasteiger partial charge in [0.2, 0.25) is 0 Å². The molecule has 0 saturated heterocycles. The van der Waals surface area contributed by atoms with E-state index in [1.54, 1.807) is 0 Å². The van der Waals surface area contributed by atoms with E-state index in [0.717, 1.165) is 64.2 Å². The lowest BCUT2D eigenvalue weighted by molar-refractivity contribution is 0.0275. The van der Waals surface area contributed by atoms with Crippen molar-refractivity contribution in [3.63, 3.8) is 0 Å².